The van der Waals surface area contributed by atoms with E-state index < -0.39 is 11.7 Å². The lowest BCUT2D eigenvalue weighted by molar-refractivity contribution is -0.122. The molecule has 2 rings (SSSR count). The molecular formula is C19H17ClFN3O3S2. The normalized spacial score (nSPS) is 10.1. The number of thioether (sulfide) groups is 1. The van der Waals surface area contributed by atoms with Crippen molar-refractivity contribution in [2.24, 2.45) is 0 Å². The number of halogens is 2. The number of thiophene rings is 1. The number of rotatable bonds is 9. The maximum atomic E-state index is 13.3. The Hall–Kier alpha value is -2.54. The van der Waals surface area contributed by atoms with E-state index in [1.807, 2.05) is 6.26 Å². The molecule has 0 spiro atoms. The molecule has 1 heterocycles. The first-order valence-electron chi connectivity index (χ1n) is 8.25. The van der Waals surface area contributed by atoms with Gasteiger partial charge in [-0.2, -0.15) is 5.26 Å². The van der Waals surface area contributed by atoms with Crippen molar-refractivity contribution in [3.8, 4) is 11.8 Å². The van der Waals surface area contributed by atoms with Crippen molar-refractivity contribution >= 4 is 46.5 Å². The number of nitriles is 1. The molecule has 0 fully saturated rings. The van der Waals surface area contributed by atoms with Crippen molar-refractivity contribution in [1.82, 2.24) is 10.6 Å². The Bertz CT molecular complexity index is 972. The number of nitrogens with one attached hydrogen (secondary N) is 2. The average Bonchev–Trinajstić information content (AvgIpc) is 3.12. The van der Waals surface area contributed by atoms with E-state index >= 15 is 0 Å². The third-order valence-electron chi connectivity index (χ3n) is 3.52. The second kappa shape index (κ2) is 10.9. The lowest BCUT2D eigenvalue weighted by Gasteiger charge is -2.10. The molecule has 0 radical (unpaired) electrons. The molecule has 29 heavy (non-hydrogen) atoms. The van der Waals surface area contributed by atoms with E-state index in [2.05, 4.69) is 23.3 Å². The molecule has 10 heteroatoms. The van der Waals surface area contributed by atoms with Crippen LogP contribution in [0.3, 0.4) is 0 Å². The number of hydrogen-bond donors (Lipinski definition) is 2. The van der Waals surface area contributed by atoms with Crippen LogP contribution in [0.1, 0.15) is 21.7 Å². The molecule has 0 saturated carbocycles. The summed E-state index contributed by atoms with van der Waals surface area (Å²) in [6, 6.07) is 7.49. The molecule has 2 N–H and O–H groups in total. The number of hydrogen-bond acceptors (Lipinski definition) is 6. The smallest absolute Gasteiger partial charge is 0.262 e. The molecule has 152 valence electrons. The predicted molar refractivity (Wildman–Crippen MR) is 112 cm³/mol. The molecule has 6 nitrogen and oxygen atoms in total. The molecule has 0 saturated heterocycles. The fourth-order valence-corrected chi connectivity index (χ4v) is 3.94. The maximum absolute atomic E-state index is 13.3. The Labute approximate surface area is 180 Å². The van der Waals surface area contributed by atoms with Gasteiger partial charge in [0.2, 0.25) is 0 Å². The lowest BCUT2D eigenvalue weighted by Crippen LogP contribution is -2.30. The van der Waals surface area contributed by atoms with Gasteiger partial charge in [-0.15, -0.1) is 23.1 Å². The summed E-state index contributed by atoms with van der Waals surface area (Å²) in [4.78, 5) is 24.5. The largest absolute Gasteiger partial charge is 0.484 e. The van der Waals surface area contributed by atoms with Gasteiger partial charge in [0.25, 0.3) is 11.8 Å². The van der Waals surface area contributed by atoms with Crippen LogP contribution in [-0.4, -0.2) is 31.2 Å². The Morgan fingerprint density at radius 1 is 1.41 bits per heavy atom. The van der Waals surface area contributed by atoms with Crippen LogP contribution in [-0.2, 0) is 4.79 Å². The summed E-state index contributed by atoms with van der Waals surface area (Å²) in [5, 5.41) is 14.3. The molecule has 0 unspecified atom stereocenters. The highest BCUT2D eigenvalue weighted by molar-refractivity contribution is 8.00. The number of carbonyl (C=O) groups is 2. The van der Waals surface area contributed by atoms with Crippen molar-refractivity contribution in [1.29, 1.82) is 5.26 Å². The number of amides is 2. The molecule has 0 bridgehead atoms. The molecule has 0 aliphatic rings. The average molecular weight is 454 g/mol. The van der Waals surface area contributed by atoms with Crippen LogP contribution in [0.25, 0.3) is 0 Å². The molecule has 1 aromatic heterocycles. The van der Waals surface area contributed by atoms with Crippen LogP contribution in [0.2, 0.25) is 5.02 Å². The highest BCUT2D eigenvalue weighted by atomic mass is 35.5. The summed E-state index contributed by atoms with van der Waals surface area (Å²) >= 11 is 8.25. The first-order valence-corrected chi connectivity index (χ1v) is 10.7. The SMILES string of the molecule is C=C(CCNC(=O)c1cc(C#N)c(SC)s1)NC(=O)COc1ccc(Cl)c(F)c1. The van der Waals surface area contributed by atoms with Gasteiger partial charge < -0.3 is 15.4 Å². The Balaban J connectivity index is 1.72. The van der Waals surface area contributed by atoms with Crippen LogP contribution in [0.5, 0.6) is 5.75 Å². The summed E-state index contributed by atoms with van der Waals surface area (Å²) in [6.45, 7) is 3.67. The van der Waals surface area contributed by atoms with Crippen LogP contribution >= 0.6 is 34.7 Å². The number of carbonyl (C=O) groups excluding carboxylic acids is 2. The van der Waals surface area contributed by atoms with E-state index in [9.17, 15) is 14.0 Å². The van der Waals surface area contributed by atoms with Crippen molar-refractivity contribution < 1.29 is 18.7 Å². The van der Waals surface area contributed by atoms with Crippen LogP contribution < -0.4 is 15.4 Å². The molecule has 0 atom stereocenters. The highest BCUT2D eigenvalue weighted by Crippen LogP contribution is 2.30. The minimum Gasteiger partial charge on any atom is -0.484 e. The number of ether oxygens (including phenoxy) is 1. The number of nitrogens with zero attached hydrogens (tertiary/aromatic N) is 1. The minimum atomic E-state index is -0.637. The zero-order valence-corrected chi connectivity index (χ0v) is 17.8. The predicted octanol–water partition coefficient (Wildman–Crippen LogP) is 3.96. The topological polar surface area (TPSA) is 91.2 Å². The van der Waals surface area contributed by atoms with Crippen LogP contribution in [0.15, 0.2) is 40.8 Å². The van der Waals surface area contributed by atoms with E-state index in [1.165, 1.54) is 35.2 Å². The Morgan fingerprint density at radius 2 is 2.17 bits per heavy atom. The first-order chi connectivity index (χ1) is 13.8. The molecular weight excluding hydrogens is 437 g/mol. The van der Waals surface area contributed by atoms with Crippen molar-refractivity contribution in [2.45, 2.75) is 10.6 Å². The van der Waals surface area contributed by atoms with Crippen molar-refractivity contribution in [3.05, 3.63) is 57.8 Å². The molecule has 1 aromatic carbocycles. The van der Waals surface area contributed by atoms with E-state index in [0.29, 0.717) is 22.6 Å². The van der Waals surface area contributed by atoms with Crippen molar-refractivity contribution in [2.75, 3.05) is 19.4 Å². The van der Waals surface area contributed by atoms with E-state index in [4.69, 9.17) is 21.6 Å². The summed E-state index contributed by atoms with van der Waals surface area (Å²) < 4.78 is 19.3. The van der Waals surface area contributed by atoms with Gasteiger partial charge in [-0.3, -0.25) is 9.59 Å². The van der Waals surface area contributed by atoms with E-state index in [0.717, 1.165) is 10.3 Å². The molecule has 2 amide bonds. The van der Waals surface area contributed by atoms with Gasteiger partial charge in [0.05, 0.1) is 19.7 Å². The summed E-state index contributed by atoms with van der Waals surface area (Å²) in [5.41, 5.74) is 0.875. The van der Waals surface area contributed by atoms with Crippen molar-refractivity contribution in [3.63, 3.8) is 0 Å². The van der Waals surface area contributed by atoms with Crippen LogP contribution in [0, 0.1) is 17.1 Å². The molecule has 0 aliphatic carbocycles. The maximum Gasteiger partial charge on any atom is 0.262 e. The quantitative estimate of drug-likeness (QED) is 0.561. The zero-order valence-electron chi connectivity index (χ0n) is 15.4. The van der Waals surface area contributed by atoms with E-state index in [-0.39, 0.29) is 29.8 Å². The third-order valence-corrected chi connectivity index (χ3v) is 6.09. The fourth-order valence-electron chi connectivity index (χ4n) is 2.14. The van der Waals surface area contributed by atoms with Gasteiger partial charge in [-0.25, -0.2) is 4.39 Å². The molecule has 2 aromatic rings. The van der Waals surface area contributed by atoms with Gasteiger partial charge in [0, 0.05) is 24.7 Å². The van der Waals surface area contributed by atoms with Gasteiger partial charge in [0.15, 0.2) is 6.61 Å². The fraction of sp³-hybridized carbons (Fsp3) is 0.211. The monoisotopic (exact) mass is 453 g/mol. The van der Waals surface area contributed by atoms with E-state index in [1.54, 1.807) is 6.07 Å². The standard InChI is InChI=1S/C19H17ClFN3O3S2/c1-11(24-17(25)10-27-13-3-4-14(20)15(21)8-13)5-6-23-18(26)16-7-12(9-22)19(28-2)29-16/h3-4,7-8H,1,5-6,10H2,2H3,(H,23,26)(H,24,25). The van der Waals surface area contributed by atoms with Gasteiger partial charge in [-0.1, -0.05) is 18.2 Å². The van der Waals surface area contributed by atoms with Gasteiger partial charge in [0.1, 0.15) is 17.6 Å². The van der Waals surface area contributed by atoms with Gasteiger partial charge >= 0.3 is 0 Å². The summed E-state index contributed by atoms with van der Waals surface area (Å²) in [7, 11) is 0. The zero-order chi connectivity index (χ0) is 21.4. The lowest BCUT2D eigenvalue weighted by atomic mass is 10.3. The Kier molecular flexibility index (Phi) is 8.51. The first kappa shape index (κ1) is 22.7. The number of benzene rings is 1. The summed E-state index contributed by atoms with van der Waals surface area (Å²) in [5.74, 6) is -1.21. The van der Waals surface area contributed by atoms with Gasteiger partial charge in [-0.05, 0) is 24.5 Å². The van der Waals surface area contributed by atoms with Crippen LogP contribution in [0.4, 0.5) is 4.39 Å². The third kappa shape index (κ3) is 6.78. The second-order valence-corrected chi connectivity index (χ2v) is 8.18. The minimum absolute atomic E-state index is 0.0340. The highest BCUT2D eigenvalue weighted by Gasteiger charge is 2.14. The second-order valence-electron chi connectivity index (χ2n) is 5.65. The summed E-state index contributed by atoms with van der Waals surface area (Å²) in [6.07, 6.45) is 2.16. The Morgan fingerprint density at radius 3 is 2.79 bits per heavy atom. The molecule has 0 aliphatic heterocycles.